The van der Waals surface area contributed by atoms with Crippen molar-refractivity contribution in [1.29, 1.82) is 0 Å². The van der Waals surface area contributed by atoms with Gasteiger partial charge in [-0.1, -0.05) is 32.0 Å². The number of para-hydroxylation sites is 1. The molecule has 1 fully saturated rings. The van der Waals surface area contributed by atoms with Gasteiger partial charge in [-0.15, -0.1) is 0 Å². The SMILES string of the molecule is CC1CN(C(=O)COc2ccccc2)C(C(C)C)CN1. The number of rotatable bonds is 4. The van der Waals surface area contributed by atoms with Crippen LogP contribution in [0.4, 0.5) is 0 Å². The lowest BCUT2D eigenvalue weighted by Crippen LogP contribution is -2.59. The first-order valence-electron chi connectivity index (χ1n) is 7.28. The van der Waals surface area contributed by atoms with Gasteiger partial charge in [0.1, 0.15) is 5.75 Å². The summed E-state index contributed by atoms with van der Waals surface area (Å²) in [5.74, 6) is 1.25. The van der Waals surface area contributed by atoms with Crippen LogP contribution in [0.5, 0.6) is 5.75 Å². The molecule has 0 saturated carbocycles. The van der Waals surface area contributed by atoms with Gasteiger partial charge in [-0.05, 0) is 25.0 Å². The zero-order valence-electron chi connectivity index (χ0n) is 12.5. The van der Waals surface area contributed by atoms with Gasteiger partial charge in [0.25, 0.3) is 5.91 Å². The van der Waals surface area contributed by atoms with E-state index in [2.05, 4.69) is 26.1 Å². The first kappa shape index (κ1) is 14.9. The molecule has 4 nitrogen and oxygen atoms in total. The molecule has 0 aliphatic carbocycles. The van der Waals surface area contributed by atoms with Crippen molar-refractivity contribution in [3.05, 3.63) is 30.3 Å². The van der Waals surface area contributed by atoms with Crippen LogP contribution in [-0.2, 0) is 4.79 Å². The summed E-state index contributed by atoms with van der Waals surface area (Å²) in [6.45, 7) is 8.13. The van der Waals surface area contributed by atoms with Crippen molar-refractivity contribution in [2.45, 2.75) is 32.9 Å². The number of hydrogen-bond donors (Lipinski definition) is 1. The molecule has 0 radical (unpaired) electrons. The Morgan fingerprint density at radius 1 is 1.40 bits per heavy atom. The number of nitrogens with zero attached hydrogens (tertiary/aromatic N) is 1. The fourth-order valence-electron chi connectivity index (χ4n) is 2.55. The Morgan fingerprint density at radius 2 is 2.10 bits per heavy atom. The number of hydrogen-bond acceptors (Lipinski definition) is 3. The largest absolute Gasteiger partial charge is 0.484 e. The summed E-state index contributed by atoms with van der Waals surface area (Å²) < 4.78 is 5.57. The Bertz CT molecular complexity index is 433. The highest BCUT2D eigenvalue weighted by Crippen LogP contribution is 2.16. The number of benzene rings is 1. The number of amides is 1. The van der Waals surface area contributed by atoms with Crippen LogP contribution in [0, 0.1) is 5.92 Å². The van der Waals surface area contributed by atoms with E-state index in [9.17, 15) is 4.79 Å². The standard InChI is InChI=1S/C16H24N2O2/c1-12(2)15-9-17-13(3)10-18(15)16(19)11-20-14-7-5-4-6-8-14/h4-8,12-13,15,17H,9-11H2,1-3H3. The number of carbonyl (C=O) groups excluding carboxylic acids is 1. The Morgan fingerprint density at radius 3 is 2.75 bits per heavy atom. The summed E-state index contributed by atoms with van der Waals surface area (Å²) in [7, 11) is 0. The smallest absolute Gasteiger partial charge is 0.260 e. The van der Waals surface area contributed by atoms with E-state index in [1.807, 2.05) is 35.2 Å². The van der Waals surface area contributed by atoms with Crippen LogP contribution in [0.25, 0.3) is 0 Å². The zero-order valence-corrected chi connectivity index (χ0v) is 12.5. The van der Waals surface area contributed by atoms with E-state index in [-0.39, 0.29) is 18.6 Å². The molecule has 1 saturated heterocycles. The van der Waals surface area contributed by atoms with E-state index in [1.165, 1.54) is 0 Å². The van der Waals surface area contributed by atoms with Crippen molar-refractivity contribution in [2.24, 2.45) is 5.92 Å². The summed E-state index contributed by atoms with van der Waals surface area (Å²) in [5.41, 5.74) is 0. The summed E-state index contributed by atoms with van der Waals surface area (Å²) in [6.07, 6.45) is 0. The van der Waals surface area contributed by atoms with Crippen molar-refractivity contribution in [3.8, 4) is 5.75 Å². The van der Waals surface area contributed by atoms with Gasteiger partial charge in [-0.3, -0.25) is 4.79 Å². The lowest BCUT2D eigenvalue weighted by Gasteiger charge is -2.41. The second kappa shape index (κ2) is 6.75. The van der Waals surface area contributed by atoms with Gasteiger partial charge in [-0.2, -0.15) is 0 Å². The molecule has 0 aromatic heterocycles. The second-order valence-corrected chi connectivity index (χ2v) is 5.77. The molecule has 1 aliphatic heterocycles. The number of piperazine rings is 1. The maximum Gasteiger partial charge on any atom is 0.260 e. The van der Waals surface area contributed by atoms with E-state index < -0.39 is 0 Å². The minimum Gasteiger partial charge on any atom is -0.484 e. The van der Waals surface area contributed by atoms with Crippen LogP contribution in [-0.4, -0.2) is 42.6 Å². The fourth-order valence-corrected chi connectivity index (χ4v) is 2.55. The van der Waals surface area contributed by atoms with Gasteiger partial charge >= 0.3 is 0 Å². The predicted molar refractivity (Wildman–Crippen MR) is 79.7 cm³/mol. The van der Waals surface area contributed by atoms with Crippen molar-refractivity contribution in [3.63, 3.8) is 0 Å². The molecular weight excluding hydrogens is 252 g/mol. The Hall–Kier alpha value is -1.55. The van der Waals surface area contributed by atoms with Crippen LogP contribution in [0.2, 0.25) is 0 Å². The first-order valence-corrected chi connectivity index (χ1v) is 7.28. The van der Waals surface area contributed by atoms with Gasteiger partial charge in [0.15, 0.2) is 6.61 Å². The van der Waals surface area contributed by atoms with E-state index in [4.69, 9.17) is 4.74 Å². The topological polar surface area (TPSA) is 41.6 Å². The fraction of sp³-hybridized carbons (Fsp3) is 0.562. The molecule has 1 heterocycles. The van der Waals surface area contributed by atoms with Gasteiger partial charge in [0.2, 0.25) is 0 Å². The molecule has 1 N–H and O–H groups in total. The van der Waals surface area contributed by atoms with Crippen molar-refractivity contribution in [2.75, 3.05) is 19.7 Å². The van der Waals surface area contributed by atoms with Gasteiger partial charge in [-0.25, -0.2) is 0 Å². The molecule has 0 bridgehead atoms. The number of carbonyl (C=O) groups is 1. The molecule has 1 aromatic rings. The molecule has 1 aromatic carbocycles. The molecule has 4 heteroatoms. The average Bonchev–Trinajstić information content (AvgIpc) is 2.45. The Labute approximate surface area is 121 Å². The van der Waals surface area contributed by atoms with Gasteiger partial charge in [0, 0.05) is 25.2 Å². The predicted octanol–water partition coefficient (Wildman–Crippen LogP) is 1.91. The molecule has 0 spiro atoms. The highest BCUT2D eigenvalue weighted by atomic mass is 16.5. The minimum absolute atomic E-state index is 0.0703. The lowest BCUT2D eigenvalue weighted by atomic mass is 9.99. The van der Waals surface area contributed by atoms with Crippen LogP contribution in [0.15, 0.2) is 30.3 Å². The molecule has 2 atom stereocenters. The second-order valence-electron chi connectivity index (χ2n) is 5.77. The van der Waals surface area contributed by atoms with Crippen LogP contribution < -0.4 is 10.1 Å². The van der Waals surface area contributed by atoms with Gasteiger partial charge < -0.3 is 15.0 Å². The Kier molecular flexibility index (Phi) is 5.01. The zero-order chi connectivity index (χ0) is 14.5. The third-order valence-electron chi connectivity index (χ3n) is 3.74. The van der Waals surface area contributed by atoms with Crippen molar-refractivity contribution < 1.29 is 9.53 Å². The normalized spacial score (nSPS) is 22.9. The molecule has 1 amide bonds. The maximum atomic E-state index is 12.4. The van der Waals surface area contributed by atoms with E-state index in [0.717, 1.165) is 18.8 Å². The number of ether oxygens (including phenoxy) is 1. The quantitative estimate of drug-likeness (QED) is 0.913. The summed E-state index contributed by atoms with van der Waals surface area (Å²) in [5, 5.41) is 3.44. The summed E-state index contributed by atoms with van der Waals surface area (Å²) >= 11 is 0. The Balaban J connectivity index is 1.95. The van der Waals surface area contributed by atoms with Gasteiger partial charge in [0.05, 0.1) is 0 Å². The molecule has 1 aliphatic rings. The summed E-state index contributed by atoms with van der Waals surface area (Å²) in [6, 6.07) is 10.1. The maximum absolute atomic E-state index is 12.4. The first-order chi connectivity index (χ1) is 9.58. The molecule has 110 valence electrons. The van der Waals surface area contributed by atoms with Crippen molar-refractivity contribution in [1.82, 2.24) is 10.2 Å². The molecule has 2 rings (SSSR count). The van der Waals surface area contributed by atoms with E-state index >= 15 is 0 Å². The lowest BCUT2D eigenvalue weighted by molar-refractivity contribution is -0.138. The van der Waals surface area contributed by atoms with Crippen LogP contribution in [0.1, 0.15) is 20.8 Å². The van der Waals surface area contributed by atoms with Crippen LogP contribution in [0.3, 0.4) is 0 Å². The van der Waals surface area contributed by atoms with Crippen molar-refractivity contribution >= 4 is 5.91 Å². The molecule has 2 unspecified atom stereocenters. The average molecular weight is 276 g/mol. The van der Waals surface area contributed by atoms with E-state index in [0.29, 0.717) is 12.0 Å². The van der Waals surface area contributed by atoms with Crippen LogP contribution >= 0.6 is 0 Å². The molecular formula is C16H24N2O2. The minimum atomic E-state index is 0.0703. The third kappa shape index (κ3) is 3.73. The molecule has 20 heavy (non-hydrogen) atoms. The number of nitrogens with one attached hydrogen (secondary N) is 1. The van der Waals surface area contributed by atoms with E-state index in [1.54, 1.807) is 0 Å². The third-order valence-corrected chi connectivity index (χ3v) is 3.74. The highest BCUT2D eigenvalue weighted by molar-refractivity contribution is 5.78. The monoisotopic (exact) mass is 276 g/mol. The highest BCUT2D eigenvalue weighted by Gasteiger charge is 2.31. The summed E-state index contributed by atoms with van der Waals surface area (Å²) in [4.78, 5) is 14.4.